The Labute approximate surface area is 127 Å². The zero-order valence-corrected chi connectivity index (χ0v) is 12.7. The molecule has 0 saturated heterocycles. The third-order valence-electron chi connectivity index (χ3n) is 2.89. The molecule has 0 spiro atoms. The van der Waals surface area contributed by atoms with E-state index in [9.17, 15) is 13.2 Å². The van der Waals surface area contributed by atoms with Gasteiger partial charge in [0, 0.05) is 10.7 Å². The summed E-state index contributed by atoms with van der Waals surface area (Å²) in [5, 5.41) is 8.22. The van der Waals surface area contributed by atoms with Crippen LogP contribution >= 0.6 is 11.6 Å². The molecular formula is C14H13ClN2O3S. The second-order valence-corrected chi connectivity index (χ2v) is 6.42. The molecule has 2 aromatic rings. The lowest BCUT2D eigenvalue weighted by atomic mass is 10.1. The molecule has 7 heteroatoms. The molecule has 110 valence electrons. The Balaban J connectivity index is 2.40. The summed E-state index contributed by atoms with van der Waals surface area (Å²) in [6, 6.07) is 10.8. The van der Waals surface area contributed by atoms with E-state index in [1.165, 1.54) is 18.2 Å². The number of amides is 1. The molecule has 2 rings (SSSR count). The van der Waals surface area contributed by atoms with Crippen LogP contribution in [0.5, 0.6) is 0 Å². The number of carbonyl (C=O) groups excluding carboxylic acids is 1. The third kappa shape index (κ3) is 3.60. The number of carbonyl (C=O) groups is 1. The molecule has 21 heavy (non-hydrogen) atoms. The van der Waals surface area contributed by atoms with Gasteiger partial charge in [-0.1, -0.05) is 29.8 Å². The first-order valence-corrected chi connectivity index (χ1v) is 7.91. The standard InChI is InChI=1S/C14H13ClN2O3S/c1-9-6-7-10(15)8-12(9)17-14(18)11-4-2-3-5-13(11)21(16,19)20/h2-8H,1H3,(H,17,18)(H2,16,19,20). The molecule has 0 aliphatic heterocycles. The fraction of sp³-hybridized carbons (Fsp3) is 0.0714. The van der Waals surface area contributed by atoms with Gasteiger partial charge in [-0.15, -0.1) is 0 Å². The van der Waals surface area contributed by atoms with Crippen molar-refractivity contribution >= 4 is 33.2 Å². The van der Waals surface area contributed by atoms with Crippen molar-refractivity contribution in [3.8, 4) is 0 Å². The number of primary sulfonamides is 1. The Morgan fingerprint density at radius 1 is 1.19 bits per heavy atom. The van der Waals surface area contributed by atoms with Gasteiger partial charge in [-0.25, -0.2) is 13.6 Å². The number of aryl methyl sites for hydroxylation is 1. The normalized spacial score (nSPS) is 11.2. The number of sulfonamides is 1. The van der Waals surface area contributed by atoms with E-state index in [1.54, 1.807) is 31.2 Å². The van der Waals surface area contributed by atoms with Crippen LogP contribution in [0.1, 0.15) is 15.9 Å². The third-order valence-corrected chi connectivity index (χ3v) is 4.09. The molecule has 0 radical (unpaired) electrons. The van der Waals surface area contributed by atoms with Crippen LogP contribution in [-0.2, 0) is 10.0 Å². The lowest BCUT2D eigenvalue weighted by molar-refractivity contribution is 0.102. The Hall–Kier alpha value is -1.89. The molecule has 1 amide bonds. The van der Waals surface area contributed by atoms with Gasteiger partial charge in [-0.05, 0) is 36.8 Å². The van der Waals surface area contributed by atoms with Gasteiger partial charge in [0.25, 0.3) is 5.91 Å². The molecule has 0 unspecified atom stereocenters. The fourth-order valence-corrected chi connectivity index (χ4v) is 2.73. The van der Waals surface area contributed by atoms with Gasteiger partial charge in [0.05, 0.1) is 10.5 Å². The van der Waals surface area contributed by atoms with Crippen LogP contribution < -0.4 is 10.5 Å². The van der Waals surface area contributed by atoms with Gasteiger partial charge in [-0.2, -0.15) is 0 Å². The monoisotopic (exact) mass is 324 g/mol. The van der Waals surface area contributed by atoms with Crippen molar-refractivity contribution in [2.45, 2.75) is 11.8 Å². The summed E-state index contributed by atoms with van der Waals surface area (Å²) in [6.07, 6.45) is 0. The van der Waals surface area contributed by atoms with Crippen molar-refractivity contribution in [1.82, 2.24) is 0 Å². The maximum atomic E-state index is 12.3. The summed E-state index contributed by atoms with van der Waals surface area (Å²) in [5.41, 5.74) is 1.30. The van der Waals surface area contributed by atoms with Crippen molar-refractivity contribution < 1.29 is 13.2 Å². The van der Waals surface area contributed by atoms with Crippen LogP contribution in [0.4, 0.5) is 5.69 Å². The minimum Gasteiger partial charge on any atom is -0.322 e. The Bertz CT molecular complexity index is 804. The molecule has 0 saturated carbocycles. The Kier molecular flexibility index (Phi) is 4.32. The van der Waals surface area contributed by atoms with Crippen molar-refractivity contribution in [2.75, 3.05) is 5.32 Å². The number of benzene rings is 2. The number of halogens is 1. The van der Waals surface area contributed by atoms with Crippen molar-refractivity contribution in [3.63, 3.8) is 0 Å². The minimum atomic E-state index is -3.98. The largest absolute Gasteiger partial charge is 0.322 e. The van der Waals surface area contributed by atoms with Crippen molar-refractivity contribution in [3.05, 3.63) is 58.6 Å². The van der Waals surface area contributed by atoms with Crippen molar-refractivity contribution in [1.29, 1.82) is 0 Å². The molecule has 0 heterocycles. The van der Waals surface area contributed by atoms with Gasteiger partial charge in [0.2, 0.25) is 10.0 Å². The van der Waals surface area contributed by atoms with Crippen molar-refractivity contribution in [2.24, 2.45) is 5.14 Å². The first-order chi connectivity index (χ1) is 9.79. The SMILES string of the molecule is Cc1ccc(Cl)cc1NC(=O)c1ccccc1S(N)(=O)=O. The predicted molar refractivity (Wildman–Crippen MR) is 82.0 cm³/mol. The topological polar surface area (TPSA) is 89.3 Å². The molecule has 2 aromatic carbocycles. The maximum absolute atomic E-state index is 12.3. The molecular weight excluding hydrogens is 312 g/mol. The number of hydrogen-bond donors (Lipinski definition) is 2. The minimum absolute atomic E-state index is 0.0145. The molecule has 0 aliphatic carbocycles. The van der Waals surface area contributed by atoms with Crippen LogP contribution in [-0.4, -0.2) is 14.3 Å². The lowest BCUT2D eigenvalue weighted by Crippen LogP contribution is -2.20. The van der Waals surface area contributed by atoms with E-state index in [-0.39, 0.29) is 10.5 Å². The van der Waals surface area contributed by atoms with Gasteiger partial charge in [0.15, 0.2) is 0 Å². The predicted octanol–water partition coefficient (Wildman–Crippen LogP) is 2.55. The number of anilines is 1. The van der Waals surface area contributed by atoms with E-state index in [1.807, 2.05) is 0 Å². The van der Waals surface area contributed by atoms with E-state index in [0.717, 1.165) is 5.56 Å². The number of nitrogens with one attached hydrogen (secondary N) is 1. The smallest absolute Gasteiger partial charge is 0.257 e. The number of hydrogen-bond acceptors (Lipinski definition) is 3. The Morgan fingerprint density at radius 2 is 1.86 bits per heavy atom. The molecule has 0 fully saturated rings. The zero-order chi connectivity index (χ0) is 15.6. The summed E-state index contributed by atoms with van der Waals surface area (Å²) < 4.78 is 23.0. The average Bonchev–Trinajstić information content (AvgIpc) is 2.42. The second kappa shape index (κ2) is 5.85. The summed E-state index contributed by atoms with van der Waals surface area (Å²) in [6.45, 7) is 1.80. The highest BCUT2D eigenvalue weighted by atomic mass is 35.5. The molecule has 0 atom stereocenters. The van der Waals surface area contributed by atoms with Gasteiger partial charge in [-0.3, -0.25) is 4.79 Å². The highest BCUT2D eigenvalue weighted by Crippen LogP contribution is 2.22. The molecule has 0 aliphatic rings. The van der Waals surface area contributed by atoms with E-state index in [4.69, 9.17) is 16.7 Å². The number of rotatable bonds is 3. The first kappa shape index (κ1) is 15.5. The van der Waals surface area contributed by atoms with Crippen LogP contribution in [0, 0.1) is 6.92 Å². The fourth-order valence-electron chi connectivity index (χ4n) is 1.82. The van der Waals surface area contributed by atoms with Crippen LogP contribution in [0.15, 0.2) is 47.4 Å². The molecule has 3 N–H and O–H groups in total. The van der Waals surface area contributed by atoms with E-state index < -0.39 is 15.9 Å². The van der Waals surface area contributed by atoms with E-state index >= 15 is 0 Å². The summed E-state index contributed by atoms with van der Waals surface area (Å²) >= 11 is 5.88. The Morgan fingerprint density at radius 3 is 2.52 bits per heavy atom. The van der Waals surface area contributed by atoms with E-state index in [0.29, 0.717) is 10.7 Å². The van der Waals surface area contributed by atoms with Gasteiger partial charge in [0.1, 0.15) is 0 Å². The molecule has 5 nitrogen and oxygen atoms in total. The number of nitrogens with two attached hydrogens (primary N) is 1. The van der Waals surface area contributed by atoms with Crippen LogP contribution in [0.3, 0.4) is 0 Å². The summed E-state index contributed by atoms with van der Waals surface area (Å²) in [5.74, 6) is -0.565. The van der Waals surface area contributed by atoms with Crippen LogP contribution in [0.25, 0.3) is 0 Å². The summed E-state index contributed by atoms with van der Waals surface area (Å²) in [7, 11) is -3.98. The average molecular weight is 325 g/mol. The van der Waals surface area contributed by atoms with Gasteiger partial charge >= 0.3 is 0 Å². The van der Waals surface area contributed by atoms with Crippen LogP contribution in [0.2, 0.25) is 5.02 Å². The summed E-state index contributed by atoms with van der Waals surface area (Å²) in [4.78, 5) is 12.1. The van der Waals surface area contributed by atoms with Gasteiger partial charge < -0.3 is 5.32 Å². The second-order valence-electron chi connectivity index (χ2n) is 4.45. The first-order valence-electron chi connectivity index (χ1n) is 5.98. The highest BCUT2D eigenvalue weighted by Gasteiger charge is 2.19. The lowest BCUT2D eigenvalue weighted by Gasteiger charge is -2.11. The zero-order valence-electron chi connectivity index (χ0n) is 11.1. The molecule has 0 aromatic heterocycles. The maximum Gasteiger partial charge on any atom is 0.257 e. The highest BCUT2D eigenvalue weighted by molar-refractivity contribution is 7.89. The molecule has 0 bridgehead atoms. The quantitative estimate of drug-likeness (QED) is 0.909. The van der Waals surface area contributed by atoms with E-state index in [2.05, 4.69) is 5.32 Å².